The maximum Gasteiger partial charge on any atom is 0.272 e. The number of aryl methyl sites for hydroxylation is 1. The van der Waals surface area contributed by atoms with E-state index in [4.69, 9.17) is 5.73 Å². The lowest BCUT2D eigenvalue weighted by Gasteiger charge is -1.97. The highest BCUT2D eigenvalue weighted by Crippen LogP contribution is 2.35. The van der Waals surface area contributed by atoms with Gasteiger partial charge in [-0.3, -0.25) is 0 Å². The molecular formula is C10H9F2NS. The first kappa shape index (κ1) is 9.40. The van der Waals surface area contributed by atoms with Gasteiger partial charge in [-0.05, 0) is 30.7 Å². The van der Waals surface area contributed by atoms with Crippen molar-refractivity contribution in [2.24, 2.45) is 0 Å². The molecule has 2 aromatic rings. The number of halogens is 2. The minimum atomic E-state index is -2.41. The second-order valence-corrected chi connectivity index (χ2v) is 4.33. The van der Waals surface area contributed by atoms with Gasteiger partial charge in [-0.2, -0.15) is 0 Å². The molecule has 0 aliphatic heterocycles. The Hall–Kier alpha value is -1.16. The number of fused-ring (bicyclic) bond motifs is 1. The normalized spacial score (nSPS) is 11.4. The summed E-state index contributed by atoms with van der Waals surface area (Å²) in [7, 11) is 0. The first-order chi connectivity index (χ1) is 6.58. The lowest BCUT2D eigenvalue weighted by Crippen LogP contribution is -1.85. The topological polar surface area (TPSA) is 26.0 Å². The fourth-order valence-corrected chi connectivity index (χ4v) is 2.49. The number of nitrogens with two attached hydrogens (primary N) is 1. The van der Waals surface area contributed by atoms with Gasteiger partial charge < -0.3 is 5.73 Å². The molecule has 0 spiro atoms. The van der Waals surface area contributed by atoms with Crippen LogP contribution in [0.25, 0.3) is 10.1 Å². The van der Waals surface area contributed by atoms with E-state index in [2.05, 4.69) is 0 Å². The van der Waals surface area contributed by atoms with Gasteiger partial charge in [-0.25, -0.2) is 8.78 Å². The number of thiophene rings is 1. The third-order valence-corrected chi connectivity index (χ3v) is 3.14. The number of hydrogen-bond acceptors (Lipinski definition) is 2. The summed E-state index contributed by atoms with van der Waals surface area (Å²) in [4.78, 5) is 0.0808. The van der Waals surface area contributed by atoms with Crippen LogP contribution in [0.1, 0.15) is 16.9 Å². The molecule has 0 saturated carbocycles. The molecule has 0 aliphatic rings. The molecule has 1 aromatic heterocycles. The molecule has 0 fully saturated rings. The number of benzene rings is 1. The van der Waals surface area contributed by atoms with Crippen molar-refractivity contribution in [2.45, 2.75) is 13.3 Å². The molecule has 1 aromatic carbocycles. The molecule has 0 radical (unpaired) electrons. The van der Waals surface area contributed by atoms with Crippen LogP contribution >= 0.6 is 11.3 Å². The SMILES string of the molecule is Cc1cc(N)c2cc(C(F)F)sc2c1. The molecule has 2 N–H and O–H groups in total. The number of nitrogen functional groups attached to an aromatic ring is 1. The van der Waals surface area contributed by atoms with Gasteiger partial charge in [0.15, 0.2) is 0 Å². The third kappa shape index (κ3) is 1.46. The maximum absolute atomic E-state index is 12.4. The zero-order valence-corrected chi connectivity index (χ0v) is 8.37. The zero-order valence-electron chi connectivity index (χ0n) is 7.55. The van der Waals surface area contributed by atoms with Crippen molar-refractivity contribution >= 4 is 27.1 Å². The van der Waals surface area contributed by atoms with Gasteiger partial charge >= 0.3 is 0 Å². The summed E-state index contributed by atoms with van der Waals surface area (Å²) in [5, 5.41) is 0.732. The Morgan fingerprint density at radius 2 is 2.00 bits per heavy atom. The van der Waals surface area contributed by atoms with Crippen LogP contribution in [0.3, 0.4) is 0 Å². The molecule has 0 bridgehead atoms. The largest absolute Gasteiger partial charge is 0.398 e. The summed E-state index contributed by atoms with van der Waals surface area (Å²) >= 11 is 1.10. The van der Waals surface area contributed by atoms with E-state index in [1.165, 1.54) is 6.07 Å². The van der Waals surface area contributed by atoms with E-state index in [-0.39, 0.29) is 4.88 Å². The molecule has 1 heterocycles. The highest BCUT2D eigenvalue weighted by molar-refractivity contribution is 7.19. The standard InChI is InChI=1S/C10H9F2NS/c1-5-2-7(13)6-4-9(10(11)12)14-8(6)3-5/h2-4,10H,13H2,1H3. The predicted molar refractivity (Wildman–Crippen MR) is 55.9 cm³/mol. The lowest BCUT2D eigenvalue weighted by atomic mass is 10.1. The Bertz CT molecular complexity index is 476. The van der Waals surface area contributed by atoms with Gasteiger partial charge in [0.05, 0.1) is 4.88 Å². The van der Waals surface area contributed by atoms with Crippen molar-refractivity contribution in [1.82, 2.24) is 0 Å². The van der Waals surface area contributed by atoms with Crippen molar-refractivity contribution in [1.29, 1.82) is 0 Å². The molecule has 0 amide bonds. The summed E-state index contributed by atoms with van der Waals surface area (Å²) in [5.41, 5.74) is 7.30. The average Bonchev–Trinajstić information content (AvgIpc) is 2.47. The van der Waals surface area contributed by atoms with E-state index in [9.17, 15) is 8.78 Å². The van der Waals surface area contributed by atoms with Crippen LogP contribution in [0.4, 0.5) is 14.5 Å². The molecule has 0 aliphatic carbocycles. The first-order valence-corrected chi connectivity index (χ1v) is 4.97. The summed E-state index contributed by atoms with van der Waals surface area (Å²) < 4.78 is 25.6. The summed E-state index contributed by atoms with van der Waals surface area (Å²) in [6, 6.07) is 5.14. The summed E-state index contributed by atoms with van der Waals surface area (Å²) in [6.07, 6.45) is -2.41. The maximum atomic E-state index is 12.4. The summed E-state index contributed by atoms with van der Waals surface area (Å²) in [6.45, 7) is 1.90. The number of alkyl halides is 2. The van der Waals surface area contributed by atoms with E-state index in [1.807, 2.05) is 13.0 Å². The van der Waals surface area contributed by atoms with Crippen LogP contribution < -0.4 is 5.73 Å². The van der Waals surface area contributed by atoms with E-state index in [1.54, 1.807) is 6.07 Å². The quantitative estimate of drug-likeness (QED) is 0.717. The molecule has 2 rings (SSSR count). The van der Waals surface area contributed by atoms with E-state index in [0.29, 0.717) is 5.69 Å². The van der Waals surface area contributed by atoms with Crippen molar-refractivity contribution in [3.8, 4) is 0 Å². The van der Waals surface area contributed by atoms with Crippen LogP contribution in [-0.4, -0.2) is 0 Å². The van der Waals surface area contributed by atoms with Crippen LogP contribution in [0.15, 0.2) is 18.2 Å². The van der Waals surface area contributed by atoms with Gasteiger partial charge in [0.25, 0.3) is 6.43 Å². The van der Waals surface area contributed by atoms with E-state index >= 15 is 0 Å². The number of hydrogen-bond donors (Lipinski definition) is 1. The Morgan fingerprint density at radius 1 is 1.29 bits per heavy atom. The van der Waals surface area contributed by atoms with Crippen LogP contribution in [0.5, 0.6) is 0 Å². The van der Waals surface area contributed by atoms with Crippen LogP contribution in [-0.2, 0) is 0 Å². The van der Waals surface area contributed by atoms with Crippen LogP contribution in [0.2, 0.25) is 0 Å². The minimum absolute atomic E-state index is 0.0808. The lowest BCUT2D eigenvalue weighted by molar-refractivity contribution is 0.156. The Balaban J connectivity index is 2.70. The van der Waals surface area contributed by atoms with Gasteiger partial charge in [0.2, 0.25) is 0 Å². The fourth-order valence-electron chi connectivity index (χ4n) is 1.44. The van der Waals surface area contributed by atoms with E-state index < -0.39 is 6.43 Å². The molecule has 0 saturated heterocycles. The molecule has 0 atom stereocenters. The Kier molecular flexibility index (Phi) is 2.15. The number of anilines is 1. The molecule has 4 heteroatoms. The summed E-state index contributed by atoms with van der Waals surface area (Å²) in [5.74, 6) is 0. The Labute approximate surface area is 84.2 Å². The fraction of sp³-hybridized carbons (Fsp3) is 0.200. The van der Waals surface area contributed by atoms with Crippen molar-refractivity contribution in [2.75, 3.05) is 5.73 Å². The second kappa shape index (κ2) is 3.20. The molecular weight excluding hydrogens is 204 g/mol. The van der Waals surface area contributed by atoms with Gasteiger partial charge in [0, 0.05) is 15.8 Å². The highest BCUT2D eigenvalue weighted by Gasteiger charge is 2.12. The van der Waals surface area contributed by atoms with Gasteiger partial charge in [-0.15, -0.1) is 11.3 Å². The molecule has 74 valence electrons. The smallest absolute Gasteiger partial charge is 0.272 e. The second-order valence-electron chi connectivity index (χ2n) is 3.22. The Morgan fingerprint density at radius 3 is 2.64 bits per heavy atom. The van der Waals surface area contributed by atoms with E-state index in [0.717, 1.165) is 27.0 Å². The first-order valence-electron chi connectivity index (χ1n) is 4.15. The van der Waals surface area contributed by atoms with Crippen LogP contribution in [0, 0.1) is 6.92 Å². The highest BCUT2D eigenvalue weighted by atomic mass is 32.1. The third-order valence-electron chi connectivity index (χ3n) is 2.05. The van der Waals surface area contributed by atoms with Crippen molar-refractivity contribution < 1.29 is 8.78 Å². The molecule has 1 nitrogen and oxygen atoms in total. The van der Waals surface area contributed by atoms with Gasteiger partial charge in [-0.1, -0.05) is 0 Å². The minimum Gasteiger partial charge on any atom is -0.398 e. The van der Waals surface area contributed by atoms with Crippen molar-refractivity contribution in [3.63, 3.8) is 0 Å². The average molecular weight is 213 g/mol. The van der Waals surface area contributed by atoms with Gasteiger partial charge in [0.1, 0.15) is 0 Å². The zero-order chi connectivity index (χ0) is 10.3. The number of rotatable bonds is 1. The van der Waals surface area contributed by atoms with Crippen molar-refractivity contribution in [3.05, 3.63) is 28.6 Å². The molecule has 14 heavy (non-hydrogen) atoms. The monoisotopic (exact) mass is 213 g/mol. The predicted octanol–water partition coefficient (Wildman–Crippen LogP) is 3.73. The molecule has 0 unspecified atom stereocenters.